The predicted molar refractivity (Wildman–Crippen MR) is 114 cm³/mol. The van der Waals surface area contributed by atoms with E-state index in [4.69, 9.17) is 4.74 Å². The Hall–Kier alpha value is -4.34. The maximum atomic E-state index is 12.3. The Bertz CT molecular complexity index is 1240. The molecule has 4 aromatic rings. The number of rotatable bonds is 6. The Morgan fingerprint density at radius 3 is 2.21 bits per heavy atom. The van der Waals surface area contributed by atoms with Crippen LogP contribution in [0.1, 0.15) is 16.2 Å². The summed E-state index contributed by atoms with van der Waals surface area (Å²) in [4.78, 5) is 21.0. The van der Waals surface area contributed by atoms with Crippen LogP contribution in [0.4, 0.5) is 18.9 Å². The molecule has 1 amide bonds. The van der Waals surface area contributed by atoms with Gasteiger partial charge >= 0.3 is 6.36 Å². The third-order valence-electron chi connectivity index (χ3n) is 4.35. The van der Waals surface area contributed by atoms with Crippen LogP contribution in [-0.2, 0) is 0 Å². The van der Waals surface area contributed by atoms with E-state index in [1.54, 1.807) is 37.3 Å². The fraction of sp³-hybridized carbons (Fsp3) is 0.0870. The van der Waals surface area contributed by atoms with Crippen molar-refractivity contribution in [3.8, 4) is 23.2 Å². The summed E-state index contributed by atoms with van der Waals surface area (Å²) in [6.45, 7) is 1.76. The number of aryl methyl sites for hydroxylation is 1. The van der Waals surface area contributed by atoms with E-state index in [2.05, 4.69) is 20.0 Å². The zero-order valence-electron chi connectivity index (χ0n) is 17.2. The number of ether oxygens (including phenoxy) is 2. The topological polar surface area (TPSA) is 78.3 Å². The molecule has 0 fully saturated rings. The summed E-state index contributed by atoms with van der Waals surface area (Å²) in [5.41, 5.74) is 0.661. The summed E-state index contributed by atoms with van der Waals surface area (Å²) in [6.07, 6.45) is -1.07. The Morgan fingerprint density at radius 1 is 0.939 bits per heavy atom. The Kier molecular flexibility index (Phi) is 5.99. The number of halogens is 3. The summed E-state index contributed by atoms with van der Waals surface area (Å²) in [7, 11) is 0. The van der Waals surface area contributed by atoms with Gasteiger partial charge in [0, 0.05) is 29.7 Å². The molecule has 0 aliphatic rings. The van der Waals surface area contributed by atoms with Crippen LogP contribution in [0.15, 0.2) is 79.1 Å². The van der Waals surface area contributed by atoms with Crippen molar-refractivity contribution in [3.63, 3.8) is 0 Å². The van der Waals surface area contributed by atoms with E-state index in [1.165, 1.54) is 12.1 Å². The molecule has 7 nitrogen and oxygen atoms in total. The van der Waals surface area contributed by atoms with Crippen molar-refractivity contribution in [2.45, 2.75) is 13.3 Å². The van der Waals surface area contributed by atoms with E-state index in [0.29, 0.717) is 29.0 Å². The molecule has 0 spiro atoms. The molecule has 0 unspecified atom stereocenters. The zero-order valence-corrected chi connectivity index (χ0v) is 17.2. The molecular formula is C23H17F3N4O3. The van der Waals surface area contributed by atoms with Gasteiger partial charge in [-0.3, -0.25) is 4.79 Å². The standard InChI is InChI=1S/C23H17F3N4O3/c1-15-27-20(30-12-2-3-13-30)14-21(28-15)32-18-10-6-17(7-11-18)29-22(31)16-4-8-19(9-5-16)33-23(24,25)26/h2-14H,1H3,(H,29,31). The molecule has 0 aliphatic carbocycles. The Labute approximate surface area is 186 Å². The summed E-state index contributed by atoms with van der Waals surface area (Å²) in [6, 6.07) is 16.7. The van der Waals surface area contributed by atoms with Crippen molar-refractivity contribution in [2.75, 3.05) is 5.32 Å². The third-order valence-corrected chi connectivity index (χ3v) is 4.35. The molecule has 0 radical (unpaired) electrons. The highest BCUT2D eigenvalue weighted by Gasteiger charge is 2.31. The Balaban J connectivity index is 1.40. The van der Waals surface area contributed by atoms with E-state index < -0.39 is 18.0 Å². The first-order valence-electron chi connectivity index (χ1n) is 9.69. The molecule has 168 valence electrons. The number of hydrogen-bond donors (Lipinski definition) is 1. The highest BCUT2D eigenvalue weighted by Crippen LogP contribution is 2.25. The second-order valence-electron chi connectivity index (χ2n) is 6.85. The third kappa shape index (κ3) is 5.88. The van der Waals surface area contributed by atoms with Gasteiger partial charge in [0.15, 0.2) is 0 Å². The van der Waals surface area contributed by atoms with Gasteiger partial charge in [-0.05, 0) is 67.6 Å². The molecule has 0 saturated heterocycles. The number of nitrogens with zero attached hydrogens (tertiary/aromatic N) is 3. The second kappa shape index (κ2) is 9.03. The fourth-order valence-electron chi connectivity index (χ4n) is 2.94. The van der Waals surface area contributed by atoms with Gasteiger partial charge in [0.05, 0.1) is 0 Å². The number of nitrogens with one attached hydrogen (secondary N) is 1. The predicted octanol–water partition coefficient (Wildman–Crippen LogP) is 5.52. The van der Waals surface area contributed by atoms with Crippen molar-refractivity contribution in [2.24, 2.45) is 0 Å². The lowest BCUT2D eigenvalue weighted by Crippen LogP contribution is -2.17. The minimum absolute atomic E-state index is 0.179. The first kappa shape index (κ1) is 21.9. The van der Waals surface area contributed by atoms with E-state index in [1.807, 2.05) is 29.1 Å². The number of alkyl halides is 3. The number of amides is 1. The van der Waals surface area contributed by atoms with Crippen molar-refractivity contribution in [1.29, 1.82) is 0 Å². The number of carbonyl (C=O) groups excluding carboxylic acids is 1. The molecule has 2 aromatic carbocycles. The number of hydrogen-bond acceptors (Lipinski definition) is 5. The van der Waals surface area contributed by atoms with Gasteiger partial charge in [0.25, 0.3) is 5.91 Å². The highest BCUT2D eigenvalue weighted by molar-refractivity contribution is 6.04. The average Bonchev–Trinajstić information content (AvgIpc) is 3.29. The summed E-state index contributed by atoms with van der Waals surface area (Å²) >= 11 is 0. The SMILES string of the molecule is Cc1nc(Oc2ccc(NC(=O)c3ccc(OC(F)(F)F)cc3)cc2)cc(-n2cccc2)n1. The molecule has 2 heterocycles. The van der Waals surface area contributed by atoms with Gasteiger partial charge in [-0.25, -0.2) is 4.98 Å². The smallest absolute Gasteiger partial charge is 0.439 e. The molecule has 0 bridgehead atoms. The lowest BCUT2D eigenvalue weighted by molar-refractivity contribution is -0.274. The van der Waals surface area contributed by atoms with Crippen LogP contribution in [0.3, 0.4) is 0 Å². The van der Waals surface area contributed by atoms with Crippen molar-refractivity contribution < 1.29 is 27.4 Å². The summed E-state index contributed by atoms with van der Waals surface area (Å²) in [5.74, 6) is 1.19. The monoisotopic (exact) mass is 454 g/mol. The molecule has 0 saturated carbocycles. The highest BCUT2D eigenvalue weighted by atomic mass is 19.4. The van der Waals surface area contributed by atoms with Crippen LogP contribution in [0.2, 0.25) is 0 Å². The lowest BCUT2D eigenvalue weighted by atomic mass is 10.2. The van der Waals surface area contributed by atoms with Crippen LogP contribution >= 0.6 is 0 Å². The average molecular weight is 454 g/mol. The second-order valence-corrected chi connectivity index (χ2v) is 6.85. The quantitative estimate of drug-likeness (QED) is 0.415. The molecule has 2 aromatic heterocycles. The minimum Gasteiger partial charge on any atom is -0.439 e. The van der Waals surface area contributed by atoms with E-state index in [0.717, 1.165) is 12.1 Å². The van der Waals surface area contributed by atoms with E-state index >= 15 is 0 Å². The molecule has 33 heavy (non-hydrogen) atoms. The number of aromatic nitrogens is 3. The summed E-state index contributed by atoms with van der Waals surface area (Å²) in [5, 5.41) is 2.67. The largest absolute Gasteiger partial charge is 0.573 e. The van der Waals surface area contributed by atoms with Crippen LogP contribution in [0.5, 0.6) is 17.4 Å². The Morgan fingerprint density at radius 2 is 1.58 bits per heavy atom. The summed E-state index contributed by atoms with van der Waals surface area (Å²) < 4.78 is 48.2. The number of benzene rings is 2. The minimum atomic E-state index is -4.79. The van der Waals surface area contributed by atoms with E-state index in [9.17, 15) is 18.0 Å². The molecular weight excluding hydrogens is 437 g/mol. The molecule has 0 aliphatic heterocycles. The van der Waals surface area contributed by atoms with Crippen LogP contribution in [-0.4, -0.2) is 26.8 Å². The zero-order chi connectivity index (χ0) is 23.4. The maximum Gasteiger partial charge on any atom is 0.573 e. The van der Waals surface area contributed by atoms with Crippen molar-refractivity contribution >= 4 is 11.6 Å². The van der Waals surface area contributed by atoms with Gasteiger partial charge in [-0.2, -0.15) is 4.98 Å². The van der Waals surface area contributed by atoms with Crippen LogP contribution in [0, 0.1) is 6.92 Å². The van der Waals surface area contributed by atoms with E-state index in [-0.39, 0.29) is 5.56 Å². The van der Waals surface area contributed by atoms with Gasteiger partial charge in [-0.1, -0.05) is 0 Å². The lowest BCUT2D eigenvalue weighted by Gasteiger charge is -2.10. The normalized spacial score (nSPS) is 11.2. The number of anilines is 1. The first-order valence-corrected chi connectivity index (χ1v) is 9.69. The van der Waals surface area contributed by atoms with Crippen LogP contribution in [0.25, 0.3) is 5.82 Å². The van der Waals surface area contributed by atoms with Crippen molar-refractivity contribution in [1.82, 2.24) is 14.5 Å². The van der Waals surface area contributed by atoms with Gasteiger partial charge < -0.3 is 19.4 Å². The number of carbonyl (C=O) groups is 1. The molecule has 1 N–H and O–H groups in total. The van der Waals surface area contributed by atoms with Crippen molar-refractivity contribution in [3.05, 3.63) is 90.5 Å². The molecule has 4 rings (SSSR count). The van der Waals surface area contributed by atoms with Gasteiger partial charge in [0.1, 0.15) is 23.1 Å². The van der Waals surface area contributed by atoms with Crippen LogP contribution < -0.4 is 14.8 Å². The first-order chi connectivity index (χ1) is 15.7. The van der Waals surface area contributed by atoms with Gasteiger partial charge in [0.2, 0.25) is 5.88 Å². The van der Waals surface area contributed by atoms with Gasteiger partial charge in [-0.15, -0.1) is 13.2 Å². The fourth-order valence-corrected chi connectivity index (χ4v) is 2.94. The maximum absolute atomic E-state index is 12.3. The molecule has 10 heteroatoms. The molecule has 0 atom stereocenters.